The minimum atomic E-state index is -0.0497. The SMILES string of the molecule is Cc1cc(C)c(C(c2cc(Br)c(Br)[nH]2)c2[nH]c(C=O)cc2Br)c(C)c1. The Labute approximate surface area is 172 Å². The van der Waals surface area contributed by atoms with E-state index in [0.717, 1.165) is 31.2 Å². The monoisotopic (exact) mass is 526 g/mol. The highest BCUT2D eigenvalue weighted by Crippen LogP contribution is 2.40. The average molecular weight is 529 g/mol. The topological polar surface area (TPSA) is 48.6 Å². The summed E-state index contributed by atoms with van der Waals surface area (Å²) in [6.07, 6.45) is 0.834. The Kier molecular flexibility index (Phi) is 5.42. The first-order chi connectivity index (χ1) is 11.8. The molecule has 0 amide bonds. The van der Waals surface area contributed by atoms with Crippen LogP contribution in [0.5, 0.6) is 0 Å². The number of aryl methyl sites for hydroxylation is 3. The van der Waals surface area contributed by atoms with Crippen molar-refractivity contribution >= 4 is 54.1 Å². The number of hydrogen-bond donors (Lipinski definition) is 2. The molecule has 0 aliphatic rings. The number of aldehydes is 1. The van der Waals surface area contributed by atoms with Crippen LogP contribution in [0.2, 0.25) is 0 Å². The van der Waals surface area contributed by atoms with Gasteiger partial charge in [0.25, 0.3) is 0 Å². The second-order valence-corrected chi connectivity index (χ2v) is 8.74. The van der Waals surface area contributed by atoms with Gasteiger partial charge >= 0.3 is 0 Å². The Morgan fingerprint density at radius 3 is 2.04 bits per heavy atom. The molecule has 0 radical (unpaired) electrons. The third-order valence-corrected chi connectivity index (χ3v) is 6.76. The quantitative estimate of drug-likeness (QED) is 0.371. The molecule has 2 heterocycles. The standard InChI is InChI=1S/C19H17Br3N2O/c1-9-4-10(2)16(11(3)5-9)17(15-7-14(21)19(22)24-15)18-13(20)6-12(8-25)23-18/h4-8,17,23-24H,1-3H3. The minimum Gasteiger partial charge on any atom is -0.354 e. The lowest BCUT2D eigenvalue weighted by Crippen LogP contribution is -2.09. The zero-order chi connectivity index (χ0) is 18.3. The Hall–Kier alpha value is -1.11. The van der Waals surface area contributed by atoms with Crippen LogP contribution in [0.4, 0.5) is 0 Å². The van der Waals surface area contributed by atoms with E-state index in [1.165, 1.54) is 22.3 Å². The molecule has 2 aromatic heterocycles. The first kappa shape index (κ1) is 18.7. The van der Waals surface area contributed by atoms with Gasteiger partial charge in [-0.15, -0.1) is 0 Å². The number of nitrogens with one attached hydrogen (secondary N) is 2. The first-order valence-electron chi connectivity index (χ1n) is 7.77. The maximum atomic E-state index is 11.2. The van der Waals surface area contributed by atoms with Gasteiger partial charge in [-0.1, -0.05) is 17.7 Å². The van der Waals surface area contributed by atoms with Crippen LogP contribution in [0.25, 0.3) is 0 Å². The van der Waals surface area contributed by atoms with Crippen LogP contribution < -0.4 is 0 Å². The van der Waals surface area contributed by atoms with Crippen LogP contribution >= 0.6 is 47.8 Å². The lowest BCUT2D eigenvalue weighted by atomic mass is 9.85. The van der Waals surface area contributed by atoms with E-state index in [1.807, 2.05) is 6.07 Å². The molecule has 0 saturated carbocycles. The number of hydrogen-bond acceptors (Lipinski definition) is 1. The lowest BCUT2D eigenvalue weighted by Gasteiger charge is -2.21. The molecular formula is C19H17Br3N2O. The van der Waals surface area contributed by atoms with Crippen molar-refractivity contribution in [1.29, 1.82) is 0 Å². The van der Waals surface area contributed by atoms with Crippen molar-refractivity contribution in [3.8, 4) is 0 Å². The van der Waals surface area contributed by atoms with E-state index >= 15 is 0 Å². The molecule has 1 aromatic carbocycles. The molecule has 1 atom stereocenters. The number of H-pyrrole nitrogens is 2. The Balaban J connectivity index is 2.29. The van der Waals surface area contributed by atoms with Gasteiger partial charge in [-0.25, -0.2) is 0 Å². The fourth-order valence-corrected chi connectivity index (χ4v) is 4.68. The summed E-state index contributed by atoms with van der Waals surface area (Å²) in [6.45, 7) is 6.37. The predicted octanol–water partition coefficient (Wildman–Crippen LogP) is 6.55. The van der Waals surface area contributed by atoms with Gasteiger partial charge in [0.15, 0.2) is 6.29 Å². The molecule has 3 aromatic rings. The third kappa shape index (κ3) is 3.57. The van der Waals surface area contributed by atoms with Crippen LogP contribution in [-0.4, -0.2) is 16.3 Å². The zero-order valence-corrected chi connectivity index (χ0v) is 18.8. The highest BCUT2D eigenvalue weighted by atomic mass is 79.9. The van der Waals surface area contributed by atoms with E-state index in [9.17, 15) is 4.79 Å². The van der Waals surface area contributed by atoms with Crippen molar-refractivity contribution < 1.29 is 4.79 Å². The molecule has 0 bridgehead atoms. The van der Waals surface area contributed by atoms with E-state index < -0.39 is 0 Å². The van der Waals surface area contributed by atoms with Crippen LogP contribution in [0.3, 0.4) is 0 Å². The summed E-state index contributed by atoms with van der Waals surface area (Å²) in [4.78, 5) is 17.9. The van der Waals surface area contributed by atoms with Crippen LogP contribution in [0.15, 0.2) is 37.8 Å². The molecule has 6 heteroatoms. The number of aromatic amines is 2. The Morgan fingerprint density at radius 1 is 0.920 bits per heavy atom. The molecule has 130 valence electrons. The summed E-state index contributed by atoms with van der Waals surface area (Å²) in [6, 6.07) is 8.28. The zero-order valence-electron chi connectivity index (χ0n) is 14.0. The summed E-state index contributed by atoms with van der Waals surface area (Å²) in [5, 5.41) is 0. The number of carbonyl (C=O) groups excluding carboxylic acids is 1. The molecular weight excluding hydrogens is 512 g/mol. The van der Waals surface area contributed by atoms with E-state index in [1.54, 1.807) is 0 Å². The molecule has 25 heavy (non-hydrogen) atoms. The molecule has 1 unspecified atom stereocenters. The highest BCUT2D eigenvalue weighted by molar-refractivity contribution is 9.13. The van der Waals surface area contributed by atoms with Crippen molar-refractivity contribution in [2.45, 2.75) is 26.7 Å². The molecule has 2 N–H and O–H groups in total. The molecule has 0 aliphatic carbocycles. The molecule has 3 nitrogen and oxygen atoms in total. The van der Waals surface area contributed by atoms with Gasteiger partial charge < -0.3 is 9.97 Å². The van der Waals surface area contributed by atoms with E-state index in [4.69, 9.17) is 0 Å². The van der Waals surface area contributed by atoms with Crippen molar-refractivity contribution in [3.63, 3.8) is 0 Å². The van der Waals surface area contributed by atoms with Crippen LogP contribution in [-0.2, 0) is 0 Å². The van der Waals surface area contributed by atoms with E-state index in [2.05, 4.69) is 96.7 Å². The second kappa shape index (κ2) is 7.25. The van der Waals surface area contributed by atoms with Crippen molar-refractivity contribution in [1.82, 2.24) is 9.97 Å². The first-order valence-corrected chi connectivity index (χ1v) is 10.1. The number of carbonyl (C=O) groups is 1. The van der Waals surface area contributed by atoms with Crippen LogP contribution in [0.1, 0.15) is 50.0 Å². The highest BCUT2D eigenvalue weighted by Gasteiger charge is 2.26. The molecule has 0 spiro atoms. The minimum absolute atomic E-state index is 0.0497. The van der Waals surface area contributed by atoms with Gasteiger partial charge in [0.2, 0.25) is 0 Å². The molecule has 0 fully saturated rings. The van der Waals surface area contributed by atoms with Gasteiger partial charge in [-0.05, 0) is 97.4 Å². The number of rotatable bonds is 4. The maximum Gasteiger partial charge on any atom is 0.166 e. The molecule has 0 saturated heterocycles. The lowest BCUT2D eigenvalue weighted by molar-refractivity contribution is 0.111. The normalized spacial score (nSPS) is 12.4. The van der Waals surface area contributed by atoms with Gasteiger partial charge in [0.05, 0.1) is 16.2 Å². The van der Waals surface area contributed by atoms with Gasteiger partial charge in [-0.2, -0.15) is 0 Å². The number of halogens is 3. The molecule has 3 rings (SSSR count). The summed E-state index contributed by atoms with van der Waals surface area (Å²) in [5.74, 6) is -0.0497. The summed E-state index contributed by atoms with van der Waals surface area (Å²) >= 11 is 10.7. The van der Waals surface area contributed by atoms with Crippen molar-refractivity contribution in [2.75, 3.05) is 0 Å². The third-order valence-electron chi connectivity index (χ3n) is 4.32. The molecule has 0 aliphatic heterocycles. The number of aromatic nitrogens is 2. The number of benzene rings is 1. The fraction of sp³-hybridized carbons (Fsp3) is 0.211. The van der Waals surface area contributed by atoms with Crippen molar-refractivity contribution in [2.24, 2.45) is 0 Å². The second-order valence-electron chi connectivity index (χ2n) is 6.24. The Bertz CT molecular complexity index is 913. The van der Waals surface area contributed by atoms with E-state index in [-0.39, 0.29) is 5.92 Å². The summed E-state index contributed by atoms with van der Waals surface area (Å²) < 4.78 is 2.75. The predicted molar refractivity (Wildman–Crippen MR) is 112 cm³/mol. The summed E-state index contributed by atoms with van der Waals surface area (Å²) in [5.41, 5.74) is 7.46. The van der Waals surface area contributed by atoms with Gasteiger partial charge in [-0.3, -0.25) is 4.79 Å². The maximum absolute atomic E-state index is 11.2. The van der Waals surface area contributed by atoms with Gasteiger partial charge in [0.1, 0.15) is 0 Å². The van der Waals surface area contributed by atoms with E-state index in [0.29, 0.717) is 5.69 Å². The smallest absolute Gasteiger partial charge is 0.166 e. The Morgan fingerprint density at radius 2 is 1.56 bits per heavy atom. The van der Waals surface area contributed by atoms with Crippen LogP contribution in [0, 0.1) is 20.8 Å². The average Bonchev–Trinajstić information content (AvgIpc) is 3.05. The van der Waals surface area contributed by atoms with Gasteiger partial charge in [0, 0.05) is 20.3 Å². The van der Waals surface area contributed by atoms with Crippen molar-refractivity contribution in [3.05, 3.63) is 77.1 Å². The largest absolute Gasteiger partial charge is 0.354 e. The summed E-state index contributed by atoms with van der Waals surface area (Å²) in [7, 11) is 0. The fourth-order valence-electron chi connectivity index (χ4n) is 3.42.